The molecule has 1 aliphatic rings. The van der Waals surface area contributed by atoms with Gasteiger partial charge < -0.3 is 25.5 Å². The lowest BCUT2D eigenvalue weighted by Crippen LogP contribution is -2.32. The lowest BCUT2D eigenvalue weighted by molar-refractivity contribution is 0.0329. The Bertz CT molecular complexity index is 912. The molecule has 11 heteroatoms. The largest absolute Gasteiger partial charge is 0.472 e. The van der Waals surface area contributed by atoms with E-state index >= 15 is 0 Å². The number of ether oxygens (including phenoxy) is 2. The third-order valence-electron chi connectivity index (χ3n) is 8.01. The van der Waals surface area contributed by atoms with Gasteiger partial charge in [0.15, 0.2) is 0 Å². The fourth-order valence-electron chi connectivity index (χ4n) is 5.32. The second-order valence-electron chi connectivity index (χ2n) is 11.7. The molecule has 1 aliphatic heterocycles. The summed E-state index contributed by atoms with van der Waals surface area (Å²) in [6, 6.07) is 3.89. The van der Waals surface area contributed by atoms with Crippen LogP contribution in [-0.4, -0.2) is 61.7 Å². The maximum atomic E-state index is 12.3. The molecule has 1 aromatic rings. The average molecular weight is 629 g/mol. The molecule has 10 nitrogen and oxygen atoms in total. The van der Waals surface area contributed by atoms with Gasteiger partial charge in [-0.3, -0.25) is 13.7 Å². The molecule has 0 aliphatic carbocycles. The molecule has 0 fully saturated rings. The van der Waals surface area contributed by atoms with Gasteiger partial charge in [-0.25, -0.2) is 9.56 Å². The molecule has 4 N–H and O–H groups in total. The summed E-state index contributed by atoms with van der Waals surface area (Å²) in [6.07, 6.45) is 23.1. The van der Waals surface area contributed by atoms with Crippen molar-refractivity contribution in [2.45, 2.75) is 135 Å². The number of nitrogens with two attached hydrogens (primary N) is 1. The molecule has 2 atom stereocenters. The lowest BCUT2D eigenvalue weighted by atomic mass is 10.0. The van der Waals surface area contributed by atoms with Crippen LogP contribution in [0.4, 0.5) is 0 Å². The number of unbranched alkanes of at least 4 members (excludes halogenated alkanes) is 15. The molecule has 1 aromatic heterocycles. The summed E-state index contributed by atoms with van der Waals surface area (Å²) in [5.74, 6) is 0.501. The predicted octanol–water partition coefficient (Wildman–Crippen LogP) is 7.46. The lowest BCUT2D eigenvalue weighted by Gasteiger charge is -2.20. The molecular formula is C32H61N4O6P. The predicted molar refractivity (Wildman–Crippen MR) is 175 cm³/mol. The molecular weight excluding hydrogens is 567 g/mol. The van der Waals surface area contributed by atoms with Crippen molar-refractivity contribution in [1.29, 1.82) is 0 Å². The van der Waals surface area contributed by atoms with Crippen LogP contribution < -0.4 is 11.2 Å². The molecule has 2 rings (SSSR count). The molecule has 0 aromatic carbocycles. The highest BCUT2D eigenvalue weighted by Gasteiger charge is 2.24. The number of nitrogens with one attached hydrogen (secondary N) is 1. The summed E-state index contributed by atoms with van der Waals surface area (Å²) in [7, 11) is -2.59. The van der Waals surface area contributed by atoms with Gasteiger partial charge in [-0.2, -0.15) is 0 Å². The Labute approximate surface area is 261 Å². The van der Waals surface area contributed by atoms with Crippen molar-refractivity contribution in [3.63, 3.8) is 0 Å². The van der Waals surface area contributed by atoms with Crippen LogP contribution in [0.1, 0.15) is 134 Å². The van der Waals surface area contributed by atoms with Gasteiger partial charge in [0.05, 0.1) is 19.3 Å². The Morgan fingerprint density at radius 3 is 2.07 bits per heavy atom. The van der Waals surface area contributed by atoms with Crippen LogP contribution in [0.25, 0.3) is 0 Å². The van der Waals surface area contributed by atoms with Crippen molar-refractivity contribution in [1.82, 2.24) is 4.68 Å². The third kappa shape index (κ3) is 17.6. The number of aryl methyl sites for hydroxylation is 1. The molecule has 43 heavy (non-hydrogen) atoms. The van der Waals surface area contributed by atoms with E-state index in [1.54, 1.807) is 7.11 Å². The average Bonchev–Trinajstić information content (AvgIpc) is 3.42. The maximum Gasteiger partial charge on any atom is 0.472 e. The summed E-state index contributed by atoms with van der Waals surface area (Å²) in [6.45, 7) is 4.00. The van der Waals surface area contributed by atoms with Gasteiger partial charge in [-0.05, 0) is 37.8 Å². The van der Waals surface area contributed by atoms with Crippen LogP contribution in [0.15, 0.2) is 17.1 Å². The first kappa shape index (κ1) is 37.8. The minimum absolute atomic E-state index is 0.0371. The van der Waals surface area contributed by atoms with E-state index in [9.17, 15) is 9.46 Å². The zero-order chi connectivity index (χ0) is 31.0. The number of nitrogens with zero attached hydrogens (tertiary/aromatic N) is 2. The van der Waals surface area contributed by atoms with Gasteiger partial charge in [-0.15, -0.1) is 0 Å². The molecule has 0 amide bonds. The normalized spacial score (nSPS) is 15.1. The van der Waals surface area contributed by atoms with E-state index in [4.69, 9.17) is 24.3 Å². The van der Waals surface area contributed by atoms with Crippen LogP contribution in [0, 0.1) is 0 Å². The van der Waals surface area contributed by atoms with Gasteiger partial charge in [0.2, 0.25) is 0 Å². The number of hydrogen-bond acceptors (Lipinski definition) is 8. The quantitative estimate of drug-likeness (QED) is 0.0616. The van der Waals surface area contributed by atoms with E-state index in [-0.39, 0.29) is 19.3 Å². The molecule has 0 spiro atoms. The molecule has 250 valence electrons. The second-order valence-corrected chi connectivity index (χ2v) is 13.1. The van der Waals surface area contributed by atoms with Crippen molar-refractivity contribution in [2.75, 3.05) is 45.6 Å². The van der Waals surface area contributed by atoms with Crippen LogP contribution in [0.2, 0.25) is 0 Å². The number of phosphoric acid groups is 1. The number of methoxy groups -OCH3 is 1. The Morgan fingerprint density at radius 1 is 0.884 bits per heavy atom. The number of hydrogen-bond donors (Lipinski definition) is 3. The zero-order valence-corrected chi connectivity index (χ0v) is 28.0. The Morgan fingerprint density at radius 2 is 1.47 bits per heavy atom. The van der Waals surface area contributed by atoms with Crippen molar-refractivity contribution in [3.05, 3.63) is 23.5 Å². The molecule has 0 radical (unpaired) electrons. The summed E-state index contributed by atoms with van der Waals surface area (Å²) in [4.78, 5) is 14.2. The standard InChI is InChI=1S/C32H61N4O6P/c1-3-4-5-6-7-8-9-10-11-12-13-14-15-16-17-18-24-40-25-19-26-41-43(37,38)42-27-30(39-2)22-20-29-21-23-31-32(33)34-28-35-36(29)31/h21,23,30,35H,3-20,22,24-28H2,1-2H3,(H2,33,34)(H,37,38). The van der Waals surface area contributed by atoms with E-state index in [1.807, 2.05) is 16.8 Å². The van der Waals surface area contributed by atoms with Crippen LogP contribution in [0.3, 0.4) is 0 Å². The smallest absolute Gasteiger partial charge is 0.382 e. The Hall–Kier alpha value is -1.42. The molecule has 0 bridgehead atoms. The first-order chi connectivity index (χ1) is 21.0. The summed E-state index contributed by atoms with van der Waals surface area (Å²) in [5.41, 5.74) is 11.0. The second kappa shape index (κ2) is 23.9. The van der Waals surface area contributed by atoms with Crippen LogP contribution >= 0.6 is 7.82 Å². The SMILES string of the molecule is CCCCCCCCCCCCCCCCCCOCCCOP(=O)(O)OCC(CCc1ccc2n1NCN=C2N)OC. The summed E-state index contributed by atoms with van der Waals surface area (Å²) >= 11 is 0. The van der Waals surface area contributed by atoms with Gasteiger partial charge >= 0.3 is 7.82 Å². The topological polar surface area (TPSA) is 130 Å². The van der Waals surface area contributed by atoms with E-state index in [0.29, 0.717) is 38.4 Å². The Kier molecular flexibility index (Phi) is 21.0. The minimum Gasteiger partial charge on any atom is -0.382 e. The van der Waals surface area contributed by atoms with Gasteiger partial charge in [0.25, 0.3) is 0 Å². The monoisotopic (exact) mass is 628 g/mol. The van der Waals surface area contributed by atoms with Gasteiger partial charge in [0, 0.05) is 26.0 Å². The van der Waals surface area contributed by atoms with Crippen molar-refractivity contribution < 1.29 is 28.0 Å². The van der Waals surface area contributed by atoms with E-state index in [1.165, 1.54) is 96.3 Å². The highest BCUT2D eigenvalue weighted by Crippen LogP contribution is 2.43. The van der Waals surface area contributed by atoms with E-state index in [0.717, 1.165) is 24.4 Å². The summed E-state index contributed by atoms with van der Waals surface area (Å²) < 4.78 is 35.6. The number of phosphoric ester groups is 1. The first-order valence-electron chi connectivity index (χ1n) is 16.9. The van der Waals surface area contributed by atoms with Gasteiger partial charge in [-0.1, -0.05) is 103 Å². The number of aromatic nitrogens is 1. The fraction of sp³-hybridized carbons (Fsp3) is 0.844. The van der Waals surface area contributed by atoms with Crippen molar-refractivity contribution >= 4 is 13.7 Å². The molecule has 0 saturated carbocycles. The van der Waals surface area contributed by atoms with Gasteiger partial charge in [0.1, 0.15) is 18.2 Å². The molecule has 2 unspecified atom stereocenters. The number of amidine groups is 1. The van der Waals surface area contributed by atoms with E-state index < -0.39 is 7.82 Å². The summed E-state index contributed by atoms with van der Waals surface area (Å²) in [5, 5.41) is 0. The highest BCUT2D eigenvalue weighted by atomic mass is 31.2. The fourth-order valence-corrected chi connectivity index (χ4v) is 6.11. The van der Waals surface area contributed by atoms with Crippen molar-refractivity contribution in [3.8, 4) is 0 Å². The molecule has 2 heterocycles. The van der Waals surface area contributed by atoms with Crippen molar-refractivity contribution in [2.24, 2.45) is 10.7 Å². The van der Waals surface area contributed by atoms with Crippen LogP contribution in [0.5, 0.6) is 0 Å². The van der Waals surface area contributed by atoms with Crippen LogP contribution in [-0.2, 0) is 29.5 Å². The first-order valence-corrected chi connectivity index (χ1v) is 18.4. The number of fused-ring (bicyclic) bond motifs is 1. The van der Waals surface area contributed by atoms with E-state index in [2.05, 4.69) is 17.3 Å². The third-order valence-corrected chi connectivity index (χ3v) is 9.00. The number of rotatable bonds is 29. The minimum atomic E-state index is -4.15. The number of aliphatic imine (C=N–C) groups is 1. The zero-order valence-electron chi connectivity index (χ0n) is 27.1. The maximum absolute atomic E-state index is 12.3. The highest BCUT2D eigenvalue weighted by molar-refractivity contribution is 7.47. The Balaban J connectivity index is 1.36. The molecule has 0 saturated heterocycles.